The number of anilines is 2. The molecular formula is C12H12FN3OS. The minimum absolute atomic E-state index is 0.280. The lowest BCUT2D eigenvalue weighted by molar-refractivity contribution is 0.103. The molecule has 2 N–H and O–H groups in total. The number of benzene rings is 1. The van der Waals surface area contributed by atoms with Crippen molar-refractivity contribution in [2.45, 2.75) is 6.92 Å². The Morgan fingerprint density at radius 3 is 2.83 bits per heavy atom. The average Bonchev–Trinajstić information content (AvgIpc) is 2.70. The molecule has 1 amide bonds. The number of rotatable bonds is 3. The van der Waals surface area contributed by atoms with E-state index in [9.17, 15) is 9.18 Å². The second-order valence-corrected chi connectivity index (χ2v) is 4.65. The Labute approximate surface area is 108 Å². The molecule has 0 aliphatic heterocycles. The molecule has 0 radical (unpaired) electrons. The van der Waals surface area contributed by atoms with E-state index in [2.05, 4.69) is 15.6 Å². The molecule has 0 aliphatic rings. The highest BCUT2D eigenvalue weighted by Gasteiger charge is 2.15. The van der Waals surface area contributed by atoms with Crippen LogP contribution in [0.25, 0.3) is 0 Å². The first-order valence-corrected chi connectivity index (χ1v) is 6.14. The molecule has 0 aliphatic carbocycles. The van der Waals surface area contributed by atoms with E-state index in [1.54, 1.807) is 26.1 Å². The van der Waals surface area contributed by atoms with Crippen molar-refractivity contribution < 1.29 is 9.18 Å². The summed E-state index contributed by atoms with van der Waals surface area (Å²) in [6, 6.07) is 5.78. The van der Waals surface area contributed by atoms with Gasteiger partial charge in [0.05, 0.1) is 5.69 Å². The van der Waals surface area contributed by atoms with Gasteiger partial charge in [-0.25, -0.2) is 9.37 Å². The van der Waals surface area contributed by atoms with Crippen molar-refractivity contribution in [3.05, 3.63) is 40.7 Å². The molecule has 0 unspecified atom stereocenters. The summed E-state index contributed by atoms with van der Waals surface area (Å²) in [7, 11) is 1.74. The topological polar surface area (TPSA) is 54.0 Å². The number of aryl methyl sites for hydroxylation is 1. The highest BCUT2D eigenvalue weighted by atomic mass is 32.1. The fourth-order valence-corrected chi connectivity index (χ4v) is 2.28. The van der Waals surface area contributed by atoms with E-state index in [1.165, 1.54) is 23.5 Å². The van der Waals surface area contributed by atoms with E-state index in [0.717, 1.165) is 0 Å². The lowest BCUT2D eigenvalue weighted by atomic mass is 10.3. The van der Waals surface area contributed by atoms with Crippen molar-refractivity contribution in [2.75, 3.05) is 17.7 Å². The maximum Gasteiger partial charge on any atom is 0.267 e. The molecule has 6 heteroatoms. The first kappa shape index (κ1) is 12.5. The van der Waals surface area contributed by atoms with Crippen LogP contribution >= 0.6 is 11.3 Å². The predicted octanol–water partition coefficient (Wildman–Crippen LogP) is 2.88. The number of halogens is 1. The predicted molar refractivity (Wildman–Crippen MR) is 70.8 cm³/mol. The van der Waals surface area contributed by atoms with Crippen LogP contribution in [0.3, 0.4) is 0 Å². The van der Waals surface area contributed by atoms with Gasteiger partial charge in [0, 0.05) is 12.7 Å². The van der Waals surface area contributed by atoms with Crippen molar-refractivity contribution in [1.82, 2.24) is 4.98 Å². The molecule has 0 saturated heterocycles. The lowest BCUT2D eigenvalue weighted by Gasteiger charge is -2.03. The molecule has 1 aromatic heterocycles. The van der Waals surface area contributed by atoms with Crippen LogP contribution in [0.2, 0.25) is 0 Å². The Morgan fingerprint density at radius 1 is 1.44 bits per heavy atom. The third-order valence-electron chi connectivity index (χ3n) is 2.30. The number of aromatic nitrogens is 1. The van der Waals surface area contributed by atoms with E-state index in [0.29, 0.717) is 21.4 Å². The number of nitrogens with zero attached hydrogens (tertiary/aromatic N) is 1. The molecule has 0 atom stereocenters. The quantitative estimate of drug-likeness (QED) is 0.897. The van der Waals surface area contributed by atoms with Crippen LogP contribution in [0, 0.1) is 12.7 Å². The Hall–Kier alpha value is -1.95. The standard InChI is InChI=1S/C12H12FN3OS/c1-7-10(18-12(14-2)15-7)11(17)16-9-5-3-4-8(13)6-9/h3-6H,1-2H3,(H,14,15)(H,16,17). The van der Waals surface area contributed by atoms with Crippen molar-refractivity contribution in [3.8, 4) is 0 Å². The van der Waals surface area contributed by atoms with E-state index in [-0.39, 0.29) is 11.7 Å². The third kappa shape index (κ3) is 2.65. The smallest absolute Gasteiger partial charge is 0.267 e. The minimum Gasteiger partial charge on any atom is -0.365 e. The summed E-state index contributed by atoms with van der Waals surface area (Å²) in [5.74, 6) is -0.665. The normalized spacial score (nSPS) is 10.2. The Kier molecular flexibility index (Phi) is 3.57. The van der Waals surface area contributed by atoms with Crippen molar-refractivity contribution >= 4 is 28.1 Å². The van der Waals surface area contributed by atoms with Gasteiger partial charge in [-0.15, -0.1) is 0 Å². The Bertz CT molecular complexity index is 582. The number of nitrogens with one attached hydrogen (secondary N) is 2. The van der Waals surface area contributed by atoms with Crippen LogP contribution in [0.5, 0.6) is 0 Å². The van der Waals surface area contributed by atoms with Gasteiger partial charge in [0.25, 0.3) is 5.91 Å². The number of carbonyl (C=O) groups is 1. The summed E-state index contributed by atoms with van der Waals surface area (Å²) >= 11 is 1.26. The van der Waals surface area contributed by atoms with Crippen molar-refractivity contribution in [3.63, 3.8) is 0 Å². The van der Waals surface area contributed by atoms with Crippen LogP contribution in [-0.2, 0) is 0 Å². The van der Waals surface area contributed by atoms with Crippen molar-refractivity contribution in [1.29, 1.82) is 0 Å². The molecule has 0 spiro atoms. The summed E-state index contributed by atoms with van der Waals surface area (Å²) in [6.45, 7) is 1.76. The van der Waals surface area contributed by atoms with Crippen LogP contribution in [-0.4, -0.2) is 17.9 Å². The van der Waals surface area contributed by atoms with Gasteiger partial charge >= 0.3 is 0 Å². The summed E-state index contributed by atoms with van der Waals surface area (Å²) in [4.78, 5) is 16.7. The minimum atomic E-state index is -0.384. The number of hydrogen-bond donors (Lipinski definition) is 2. The maximum atomic E-state index is 13.0. The second-order valence-electron chi connectivity index (χ2n) is 3.65. The third-order valence-corrected chi connectivity index (χ3v) is 3.47. The summed E-state index contributed by atoms with van der Waals surface area (Å²) in [6.07, 6.45) is 0. The SMILES string of the molecule is CNc1nc(C)c(C(=O)Nc2cccc(F)c2)s1. The highest BCUT2D eigenvalue weighted by Crippen LogP contribution is 2.23. The fraction of sp³-hybridized carbons (Fsp3) is 0.167. The zero-order valence-corrected chi connectivity index (χ0v) is 10.8. The second kappa shape index (κ2) is 5.14. The molecule has 2 aromatic rings. The van der Waals surface area contributed by atoms with Gasteiger partial charge in [0.15, 0.2) is 5.13 Å². The molecule has 1 heterocycles. The van der Waals surface area contributed by atoms with Crippen molar-refractivity contribution in [2.24, 2.45) is 0 Å². The van der Waals surface area contributed by atoms with Crippen LogP contribution in [0.4, 0.5) is 15.2 Å². The van der Waals surface area contributed by atoms with E-state index in [1.807, 2.05) is 0 Å². The maximum absolute atomic E-state index is 13.0. The fourth-order valence-electron chi connectivity index (χ4n) is 1.47. The first-order valence-electron chi connectivity index (χ1n) is 5.32. The first-order chi connectivity index (χ1) is 8.60. The van der Waals surface area contributed by atoms with Gasteiger partial charge in [0.2, 0.25) is 0 Å². The summed E-state index contributed by atoms with van der Waals surface area (Å²) < 4.78 is 13.0. The monoisotopic (exact) mass is 265 g/mol. The molecular weight excluding hydrogens is 253 g/mol. The van der Waals surface area contributed by atoms with Gasteiger partial charge in [-0.3, -0.25) is 4.79 Å². The van der Waals surface area contributed by atoms with Gasteiger partial charge in [-0.05, 0) is 25.1 Å². The molecule has 0 saturated carbocycles. The zero-order chi connectivity index (χ0) is 13.1. The molecule has 2 rings (SSSR count). The van der Waals surface area contributed by atoms with E-state index < -0.39 is 0 Å². The number of hydrogen-bond acceptors (Lipinski definition) is 4. The molecule has 94 valence electrons. The van der Waals surface area contributed by atoms with Crippen LogP contribution < -0.4 is 10.6 Å². The van der Waals surface area contributed by atoms with Crippen LogP contribution in [0.15, 0.2) is 24.3 Å². The zero-order valence-electron chi connectivity index (χ0n) is 9.95. The molecule has 4 nitrogen and oxygen atoms in total. The number of thiazole rings is 1. The summed E-state index contributed by atoms with van der Waals surface area (Å²) in [5.41, 5.74) is 1.08. The Morgan fingerprint density at radius 2 is 2.22 bits per heavy atom. The van der Waals surface area contributed by atoms with Gasteiger partial charge < -0.3 is 10.6 Å². The highest BCUT2D eigenvalue weighted by molar-refractivity contribution is 7.17. The molecule has 1 aromatic carbocycles. The van der Waals surface area contributed by atoms with E-state index in [4.69, 9.17) is 0 Å². The van der Waals surface area contributed by atoms with Crippen LogP contribution in [0.1, 0.15) is 15.4 Å². The van der Waals surface area contributed by atoms with Gasteiger partial charge in [-0.1, -0.05) is 17.4 Å². The van der Waals surface area contributed by atoms with Gasteiger partial charge in [-0.2, -0.15) is 0 Å². The average molecular weight is 265 g/mol. The Balaban J connectivity index is 2.19. The molecule has 0 bridgehead atoms. The number of carbonyl (C=O) groups excluding carboxylic acids is 1. The van der Waals surface area contributed by atoms with Gasteiger partial charge in [0.1, 0.15) is 10.7 Å². The molecule has 0 fully saturated rings. The lowest BCUT2D eigenvalue weighted by Crippen LogP contribution is -2.11. The number of amides is 1. The summed E-state index contributed by atoms with van der Waals surface area (Å²) in [5, 5.41) is 6.20. The van der Waals surface area contributed by atoms with E-state index >= 15 is 0 Å². The molecule has 18 heavy (non-hydrogen) atoms. The largest absolute Gasteiger partial charge is 0.365 e.